The molecule has 0 aliphatic carbocycles. The normalized spacial score (nSPS) is 12.2. The van der Waals surface area contributed by atoms with E-state index in [-0.39, 0.29) is 11.8 Å². The minimum atomic E-state index is -0.166. The van der Waals surface area contributed by atoms with Gasteiger partial charge in [-0.15, -0.1) is 0 Å². The maximum Gasteiger partial charge on any atom is 0.224 e. The molecule has 5 nitrogen and oxygen atoms in total. The highest BCUT2D eigenvalue weighted by molar-refractivity contribution is 6.30. The predicted octanol–water partition coefficient (Wildman–Crippen LogP) is 4.65. The van der Waals surface area contributed by atoms with Crippen molar-refractivity contribution in [2.24, 2.45) is 0 Å². The van der Waals surface area contributed by atoms with Gasteiger partial charge < -0.3 is 10.6 Å². The van der Waals surface area contributed by atoms with Gasteiger partial charge in [0.15, 0.2) is 0 Å². The van der Waals surface area contributed by atoms with Gasteiger partial charge in [0.25, 0.3) is 0 Å². The fraction of sp³-hybridized carbons (Fsp3) is 0.316. The summed E-state index contributed by atoms with van der Waals surface area (Å²) in [7, 11) is 0. The molecule has 1 heterocycles. The summed E-state index contributed by atoms with van der Waals surface area (Å²) in [5.74, 6) is 1.04. The SMILES string of the molecule is CCNc1nc(C)c(C=CC(C)c2ccc(Cl)cc2)c(NC(C)=O)n1. The number of nitrogens with zero attached hydrogens (tertiary/aromatic N) is 2. The summed E-state index contributed by atoms with van der Waals surface area (Å²) in [6.07, 6.45) is 4.02. The summed E-state index contributed by atoms with van der Waals surface area (Å²) in [5.41, 5.74) is 2.76. The Hall–Kier alpha value is -2.40. The highest BCUT2D eigenvalue weighted by Crippen LogP contribution is 2.24. The molecule has 2 rings (SSSR count). The van der Waals surface area contributed by atoms with Gasteiger partial charge in [-0.3, -0.25) is 4.79 Å². The molecule has 2 aromatic rings. The molecule has 0 saturated heterocycles. The molecule has 2 N–H and O–H groups in total. The topological polar surface area (TPSA) is 66.9 Å². The molecule has 0 saturated carbocycles. The third kappa shape index (κ3) is 5.29. The molecule has 6 heteroatoms. The minimum Gasteiger partial charge on any atom is -0.354 e. The molecule has 1 aromatic heterocycles. The number of benzene rings is 1. The first-order chi connectivity index (χ1) is 11.9. The molecule has 1 amide bonds. The average Bonchev–Trinajstić information content (AvgIpc) is 2.54. The summed E-state index contributed by atoms with van der Waals surface area (Å²) in [5, 5.41) is 6.58. The van der Waals surface area contributed by atoms with E-state index in [9.17, 15) is 4.79 Å². The Morgan fingerprint density at radius 2 is 1.96 bits per heavy atom. The number of hydrogen-bond donors (Lipinski definition) is 2. The van der Waals surface area contributed by atoms with Crippen LogP contribution in [0.5, 0.6) is 0 Å². The van der Waals surface area contributed by atoms with E-state index in [1.54, 1.807) is 0 Å². The van der Waals surface area contributed by atoms with Gasteiger partial charge in [-0.25, -0.2) is 4.98 Å². The molecule has 1 atom stereocenters. The number of nitrogens with one attached hydrogen (secondary N) is 2. The lowest BCUT2D eigenvalue weighted by Gasteiger charge is -2.12. The van der Waals surface area contributed by atoms with Crippen molar-refractivity contribution in [1.82, 2.24) is 9.97 Å². The van der Waals surface area contributed by atoms with Crippen LogP contribution in [0.1, 0.15) is 43.5 Å². The van der Waals surface area contributed by atoms with Gasteiger partial charge in [-0.2, -0.15) is 4.98 Å². The number of hydrogen-bond acceptors (Lipinski definition) is 4. The van der Waals surface area contributed by atoms with E-state index < -0.39 is 0 Å². The second-order valence-electron chi connectivity index (χ2n) is 5.81. The first kappa shape index (κ1) is 18.9. The van der Waals surface area contributed by atoms with Gasteiger partial charge in [0.1, 0.15) is 5.82 Å². The van der Waals surface area contributed by atoms with E-state index in [1.807, 2.05) is 44.2 Å². The van der Waals surface area contributed by atoms with Crippen LogP contribution in [0, 0.1) is 6.92 Å². The molecule has 25 heavy (non-hydrogen) atoms. The van der Waals surface area contributed by atoms with E-state index in [2.05, 4.69) is 33.6 Å². The standard InChI is InChI=1S/C19H23ClN4O/c1-5-21-19-22-13(3)17(18(24-19)23-14(4)25)11-6-12(2)15-7-9-16(20)10-8-15/h6-12H,5H2,1-4H3,(H2,21,22,23,24,25). The first-order valence-electron chi connectivity index (χ1n) is 8.24. The summed E-state index contributed by atoms with van der Waals surface area (Å²) >= 11 is 5.94. The summed E-state index contributed by atoms with van der Waals surface area (Å²) in [4.78, 5) is 20.4. The number of carbonyl (C=O) groups excluding carboxylic acids is 1. The second kappa shape index (κ2) is 8.62. The van der Waals surface area contributed by atoms with Crippen molar-refractivity contribution >= 4 is 35.4 Å². The van der Waals surface area contributed by atoms with Gasteiger partial charge in [0.2, 0.25) is 11.9 Å². The van der Waals surface area contributed by atoms with Crippen molar-refractivity contribution in [3.63, 3.8) is 0 Å². The monoisotopic (exact) mass is 358 g/mol. The maximum absolute atomic E-state index is 11.5. The lowest BCUT2D eigenvalue weighted by atomic mass is 10.00. The summed E-state index contributed by atoms with van der Waals surface area (Å²) < 4.78 is 0. The summed E-state index contributed by atoms with van der Waals surface area (Å²) in [6.45, 7) is 8.15. The number of allylic oxidation sites excluding steroid dienone is 1. The van der Waals surface area contributed by atoms with E-state index >= 15 is 0 Å². The largest absolute Gasteiger partial charge is 0.354 e. The van der Waals surface area contributed by atoms with Gasteiger partial charge in [-0.05, 0) is 37.5 Å². The number of carbonyl (C=O) groups is 1. The van der Waals surface area contributed by atoms with Crippen LogP contribution < -0.4 is 10.6 Å². The lowest BCUT2D eigenvalue weighted by Crippen LogP contribution is -2.13. The average molecular weight is 359 g/mol. The zero-order chi connectivity index (χ0) is 18.4. The molecular formula is C19H23ClN4O. The van der Waals surface area contributed by atoms with Crippen LogP contribution in [-0.2, 0) is 4.79 Å². The number of anilines is 2. The first-order valence-corrected chi connectivity index (χ1v) is 8.62. The molecule has 0 aliphatic rings. The quantitative estimate of drug-likeness (QED) is 0.789. The Kier molecular flexibility index (Phi) is 6.53. The number of rotatable bonds is 6. The van der Waals surface area contributed by atoms with Crippen LogP contribution in [0.4, 0.5) is 11.8 Å². The van der Waals surface area contributed by atoms with Crippen molar-refractivity contribution < 1.29 is 4.79 Å². The van der Waals surface area contributed by atoms with Gasteiger partial charge >= 0.3 is 0 Å². The molecule has 0 aliphatic heterocycles. The van der Waals surface area contributed by atoms with E-state index in [4.69, 9.17) is 11.6 Å². The molecule has 132 valence electrons. The number of halogens is 1. The Morgan fingerprint density at radius 3 is 2.56 bits per heavy atom. The van der Waals surface area contributed by atoms with Crippen molar-refractivity contribution in [2.45, 2.75) is 33.6 Å². The van der Waals surface area contributed by atoms with Crippen LogP contribution in [-0.4, -0.2) is 22.4 Å². The minimum absolute atomic E-state index is 0.166. The van der Waals surface area contributed by atoms with Gasteiger partial charge in [0, 0.05) is 24.1 Å². The van der Waals surface area contributed by atoms with Crippen LogP contribution in [0.25, 0.3) is 6.08 Å². The number of aryl methyl sites for hydroxylation is 1. The highest BCUT2D eigenvalue weighted by Gasteiger charge is 2.11. The van der Waals surface area contributed by atoms with Gasteiger partial charge in [0.05, 0.1) is 5.69 Å². The van der Waals surface area contributed by atoms with Crippen LogP contribution in [0.15, 0.2) is 30.3 Å². The Balaban J connectivity index is 2.32. The third-order valence-electron chi connectivity index (χ3n) is 3.71. The number of aromatic nitrogens is 2. The molecule has 0 radical (unpaired) electrons. The lowest BCUT2D eigenvalue weighted by molar-refractivity contribution is -0.114. The third-order valence-corrected chi connectivity index (χ3v) is 3.96. The molecule has 0 bridgehead atoms. The fourth-order valence-electron chi connectivity index (χ4n) is 2.40. The van der Waals surface area contributed by atoms with E-state index in [0.717, 1.165) is 21.8 Å². The Bertz CT molecular complexity index is 772. The van der Waals surface area contributed by atoms with Crippen LogP contribution >= 0.6 is 11.6 Å². The van der Waals surface area contributed by atoms with Gasteiger partial charge in [-0.1, -0.05) is 42.8 Å². The molecule has 1 aromatic carbocycles. The molecule has 0 spiro atoms. The smallest absolute Gasteiger partial charge is 0.224 e. The number of amides is 1. The second-order valence-corrected chi connectivity index (χ2v) is 6.24. The van der Waals surface area contributed by atoms with Crippen molar-refractivity contribution in [1.29, 1.82) is 0 Å². The molecule has 1 unspecified atom stereocenters. The van der Waals surface area contributed by atoms with Crippen molar-refractivity contribution in [3.05, 3.63) is 52.2 Å². The Labute approximate surface area is 153 Å². The van der Waals surface area contributed by atoms with Crippen LogP contribution in [0.2, 0.25) is 5.02 Å². The van der Waals surface area contributed by atoms with E-state index in [0.29, 0.717) is 18.3 Å². The van der Waals surface area contributed by atoms with Crippen molar-refractivity contribution in [2.75, 3.05) is 17.2 Å². The van der Waals surface area contributed by atoms with E-state index in [1.165, 1.54) is 6.92 Å². The zero-order valence-corrected chi connectivity index (χ0v) is 15.7. The fourth-order valence-corrected chi connectivity index (χ4v) is 2.52. The molecule has 0 fully saturated rings. The van der Waals surface area contributed by atoms with Crippen LogP contribution in [0.3, 0.4) is 0 Å². The summed E-state index contributed by atoms with van der Waals surface area (Å²) in [6, 6.07) is 7.76. The Morgan fingerprint density at radius 1 is 1.28 bits per heavy atom. The van der Waals surface area contributed by atoms with Crippen molar-refractivity contribution in [3.8, 4) is 0 Å². The molecular weight excluding hydrogens is 336 g/mol. The maximum atomic E-state index is 11.5. The highest BCUT2D eigenvalue weighted by atomic mass is 35.5. The predicted molar refractivity (Wildman–Crippen MR) is 104 cm³/mol. The zero-order valence-electron chi connectivity index (χ0n) is 14.9.